The van der Waals surface area contributed by atoms with Gasteiger partial charge < -0.3 is 9.15 Å². The Bertz CT molecular complexity index is 602. The fourth-order valence-corrected chi connectivity index (χ4v) is 2.06. The zero-order valence-corrected chi connectivity index (χ0v) is 12.1. The second-order valence-corrected chi connectivity index (χ2v) is 4.73. The lowest BCUT2D eigenvalue weighted by Crippen LogP contribution is -2.04. The molecule has 2 rings (SSSR count). The van der Waals surface area contributed by atoms with Crippen LogP contribution >= 0.6 is 0 Å². The molecule has 0 aliphatic carbocycles. The van der Waals surface area contributed by atoms with Gasteiger partial charge in [-0.3, -0.25) is 0 Å². The highest BCUT2D eigenvalue weighted by molar-refractivity contribution is 5.87. The monoisotopic (exact) mass is 273 g/mol. The molecular formula is C16H19NO3. The van der Waals surface area contributed by atoms with Crippen molar-refractivity contribution < 1.29 is 13.9 Å². The van der Waals surface area contributed by atoms with Gasteiger partial charge in [0.15, 0.2) is 5.89 Å². The van der Waals surface area contributed by atoms with E-state index in [-0.39, 0.29) is 5.76 Å². The summed E-state index contributed by atoms with van der Waals surface area (Å²) in [6.07, 6.45) is 1.51. The summed E-state index contributed by atoms with van der Waals surface area (Å²) >= 11 is 0. The van der Waals surface area contributed by atoms with Crippen LogP contribution in [0.3, 0.4) is 0 Å². The molecule has 0 amide bonds. The van der Waals surface area contributed by atoms with E-state index in [0.717, 1.165) is 6.42 Å². The second kappa shape index (κ2) is 6.37. The highest BCUT2D eigenvalue weighted by Crippen LogP contribution is 2.14. The van der Waals surface area contributed by atoms with Gasteiger partial charge in [0.1, 0.15) is 0 Å². The molecule has 0 bridgehead atoms. The van der Waals surface area contributed by atoms with E-state index in [1.54, 1.807) is 13.8 Å². The first kappa shape index (κ1) is 14.3. The van der Waals surface area contributed by atoms with Gasteiger partial charge in [0.25, 0.3) is 0 Å². The number of nitrogens with zero attached hydrogens (tertiary/aromatic N) is 1. The van der Waals surface area contributed by atoms with E-state index < -0.39 is 5.97 Å². The van der Waals surface area contributed by atoms with E-state index in [1.807, 2.05) is 6.07 Å². The average molecular weight is 273 g/mol. The van der Waals surface area contributed by atoms with Crippen LogP contribution in [0.1, 0.15) is 40.2 Å². The molecule has 0 atom stereocenters. The third kappa shape index (κ3) is 3.47. The lowest BCUT2D eigenvalue weighted by molar-refractivity contribution is 0.0487. The molecule has 1 aromatic heterocycles. The van der Waals surface area contributed by atoms with Crippen molar-refractivity contribution in [2.45, 2.75) is 33.6 Å². The summed E-state index contributed by atoms with van der Waals surface area (Å²) in [5, 5.41) is 0. The third-order valence-electron chi connectivity index (χ3n) is 3.01. The van der Waals surface area contributed by atoms with Crippen LogP contribution in [0, 0.1) is 13.8 Å². The lowest BCUT2D eigenvalue weighted by Gasteiger charge is -2.00. The van der Waals surface area contributed by atoms with E-state index in [1.165, 1.54) is 11.1 Å². The van der Waals surface area contributed by atoms with E-state index in [2.05, 4.69) is 30.1 Å². The summed E-state index contributed by atoms with van der Waals surface area (Å²) in [6.45, 7) is 5.92. The van der Waals surface area contributed by atoms with Crippen LogP contribution in [0.4, 0.5) is 0 Å². The van der Waals surface area contributed by atoms with Crippen molar-refractivity contribution in [2.24, 2.45) is 0 Å². The number of rotatable bonds is 5. The Kier molecular flexibility index (Phi) is 4.56. The number of oxazole rings is 1. The number of hydrogen-bond acceptors (Lipinski definition) is 4. The van der Waals surface area contributed by atoms with E-state index >= 15 is 0 Å². The Morgan fingerprint density at radius 3 is 2.80 bits per heavy atom. The Labute approximate surface area is 118 Å². The van der Waals surface area contributed by atoms with E-state index in [4.69, 9.17) is 9.15 Å². The number of hydrogen-bond donors (Lipinski definition) is 0. The fraction of sp³-hybridized carbons (Fsp3) is 0.375. The number of aryl methyl sites for hydroxylation is 4. The van der Waals surface area contributed by atoms with E-state index in [9.17, 15) is 4.79 Å². The molecule has 4 heteroatoms. The Morgan fingerprint density at radius 1 is 1.30 bits per heavy atom. The average Bonchev–Trinajstić information content (AvgIpc) is 2.78. The quantitative estimate of drug-likeness (QED) is 0.785. The van der Waals surface area contributed by atoms with Crippen molar-refractivity contribution in [3.8, 4) is 0 Å². The molecule has 0 radical (unpaired) electrons. The Morgan fingerprint density at radius 2 is 2.10 bits per heavy atom. The summed E-state index contributed by atoms with van der Waals surface area (Å²) in [5.41, 5.74) is 3.06. The first-order chi connectivity index (χ1) is 9.60. The predicted octanol–water partition coefficient (Wildman–Crippen LogP) is 3.25. The van der Waals surface area contributed by atoms with Gasteiger partial charge in [-0.1, -0.05) is 29.8 Å². The minimum atomic E-state index is -0.445. The number of esters is 1. The van der Waals surface area contributed by atoms with Crippen LogP contribution in [0.15, 0.2) is 28.7 Å². The molecule has 0 spiro atoms. The molecule has 1 aromatic carbocycles. The number of aromatic nitrogens is 1. The molecule has 0 saturated carbocycles. The fourth-order valence-electron chi connectivity index (χ4n) is 2.06. The molecule has 1 heterocycles. The largest absolute Gasteiger partial charge is 0.460 e. The van der Waals surface area contributed by atoms with Gasteiger partial charge in [0, 0.05) is 6.42 Å². The van der Waals surface area contributed by atoms with Crippen molar-refractivity contribution in [1.82, 2.24) is 4.98 Å². The maximum absolute atomic E-state index is 11.6. The van der Waals surface area contributed by atoms with Crippen LogP contribution in [0.5, 0.6) is 0 Å². The maximum atomic E-state index is 11.6. The van der Waals surface area contributed by atoms with Gasteiger partial charge in [-0.05, 0) is 32.8 Å². The van der Waals surface area contributed by atoms with Gasteiger partial charge in [0.05, 0.1) is 12.3 Å². The zero-order valence-electron chi connectivity index (χ0n) is 12.1. The van der Waals surface area contributed by atoms with Gasteiger partial charge in [-0.15, -0.1) is 0 Å². The molecule has 0 aliphatic heterocycles. The summed E-state index contributed by atoms with van der Waals surface area (Å²) in [6, 6.07) is 8.32. The SMILES string of the molecule is CCOC(=O)c1oc(CCc2cccc(C)c2)nc1C. The number of ether oxygens (including phenoxy) is 1. The number of carbonyl (C=O) groups excluding carboxylic acids is 1. The highest BCUT2D eigenvalue weighted by atomic mass is 16.5. The summed E-state index contributed by atoms with van der Waals surface area (Å²) in [5.74, 6) is 0.345. The molecule has 0 N–H and O–H groups in total. The maximum Gasteiger partial charge on any atom is 0.376 e. The zero-order chi connectivity index (χ0) is 14.5. The molecular weight excluding hydrogens is 254 g/mol. The smallest absolute Gasteiger partial charge is 0.376 e. The molecule has 0 aliphatic rings. The molecule has 4 nitrogen and oxygen atoms in total. The molecule has 0 saturated heterocycles. The van der Waals surface area contributed by atoms with Gasteiger partial charge in [-0.25, -0.2) is 9.78 Å². The Hall–Kier alpha value is -2.10. The normalized spacial score (nSPS) is 10.6. The number of benzene rings is 1. The first-order valence-corrected chi connectivity index (χ1v) is 6.79. The Balaban J connectivity index is 2.04. The van der Waals surface area contributed by atoms with Gasteiger partial charge in [-0.2, -0.15) is 0 Å². The van der Waals surface area contributed by atoms with Crippen molar-refractivity contribution in [3.05, 3.63) is 52.7 Å². The third-order valence-corrected chi connectivity index (χ3v) is 3.01. The molecule has 0 fully saturated rings. The van der Waals surface area contributed by atoms with Crippen LogP contribution in [-0.4, -0.2) is 17.6 Å². The van der Waals surface area contributed by atoms with Crippen molar-refractivity contribution >= 4 is 5.97 Å². The van der Waals surface area contributed by atoms with Crippen molar-refractivity contribution in [1.29, 1.82) is 0 Å². The summed E-state index contributed by atoms with van der Waals surface area (Å²) < 4.78 is 10.4. The summed E-state index contributed by atoms with van der Waals surface area (Å²) in [4.78, 5) is 15.9. The minimum absolute atomic E-state index is 0.214. The van der Waals surface area contributed by atoms with Crippen LogP contribution in [-0.2, 0) is 17.6 Å². The molecule has 2 aromatic rings. The number of carbonyl (C=O) groups is 1. The van der Waals surface area contributed by atoms with Crippen molar-refractivity contribution in [3.63, 3.8) is 0 Å². The highest BCUT2D eigenvalue weighted by Gasteiger charge is 2.18. The minimum Gasteiger partial charge on any atom is -0.460 e. The van der Waals surface area contributed by atoms with Crippen LogP contribution in [0.25, 0.3) is 0 Å². The molecule has 20 heavy (non-hydrogen) atoms. The van der Waals surface area contributed by atoms with Crippen molar-refractivity contribution in [2.75, 3.05) is 6.61 Å². The molecule has 106 valence electrons. The standard InChI is InChI=1S/C16H19NO3/c1-4-19-16(18)15-12(3)17-14(20-15)9-8-13-7-5-6-11(2)10-13/h5-7,10H,4,8-9H2,1-3H3. The van der Waals surface area contributed by atoms with Gasteiger partial charge in [0.2, 0.25) is 5.76 Å². The van der Waals surface area contributed by atoms with Gasteiger partial charge >= 0.3 is 5.97 Å². The topological polar surface area (TPSA) is 52.3 Å². The lowest BCUT2D eigenvalue weighted by atomic mass is 10.1. The van der Waals surface area contributed by atoms with Crippen LogP contribution in [0.2, 0.25) is 0 Å². The first-order valence-electron chi connectivity index (χ1n) is 6.79. The second-order valence-electron chi connectivity index (χ2n) is 4.73. The molecule has 0 unspecified atom stereocenters. The predicted molar refractivity (Wildman–Crippen MR) is 75.8 cm³/mol. The van der Waals surface area contributed by atoms with Crippen LogP contribution < -0.4 is 0 Å². The van der Waals surface area contributed by atoms with E-state index in [0.29, 0.717) is 24.6 Å². The summed E-state index contributed by atoms with van der Waals surface area (Å²) in [7, 11) is 0.